The van der Waals surface area contributed by atoms with Crippen LogP contribution in [0.3, 0.4) is 0 Å². The van der Waals surface area contributed by atoms with Crippen molar-refractivity contribution >= 4 is 10.9 Å². The third kappa shape index (κ3) is 3.73. The number of ether oxygens (including phenoxy) is 3. The molecule has 0 saturated carbocycles. The predicted molar refractivity (Wildman–Crippen MR) is 102 cm³/mol. The average Bonchev–Trinajstić information content (AvgIpc) is 3.23. The molecule has 7 heteroatoms. The Morgan fingerprint density at radius 2 is 1.89 bits per heavy atom. The van der Waals surface area contributed by atoms with E-state index in [1.54, 1.807) is 62.2 Å². The van der Waals surface area contributed by atoms with E-state index in [0.717, 1.165) is 0 Å². The number of benzene rings is 2. The minimum atomic E-state index is -0.432. The lowest BCUT2D eigenvalue weighted by molar-refractivity contribution is 0.280. The molecule has 4 rings (SSSR count). The summed E-state index contributed by atoms with van der Waals surface area (Å²) in [6.45, 7) is 1.11. The highest BCUT2D eigenvalue weighted by Crippen LogP contribution is 2.37. The molecule has 0 radical (unpaired) electrons. The van der Waals surface area contributed by atoms with Crippen LogP contribution in [0.15, 0.2) is 67.4 Å². The lowest BCUT2D eigenvalue weighted by atomic mass is 10.2. The lowest BCUT2D eigenvalue weighted by Gasteiger charge is -2.14. The Hall–Kier alpha value is -3.61. The summed E-state index contributed by atoms with van der Waals surface area (Å²) >= 11 is 0. The summed E-state index contributed by atoms with van der Waals surface area (Å²) in [5, 5.41) is 0.699. The van der Waals surface area contributed by atoms with Gasteiger partial charge in [-0.25, -0.2) is 9.37 Å². The fourth-order valence-corrected chi connectivity index (χ4v) is 2.82. The fourth-order valence-electron chi connectivity index (χ4n) is 2.82. The fraction of sp³-hybridized carbons (Fsp3) is 0.143. The predicted octanol–water partition coefficient (Wildman–Crippen LogP) is 4.45. The van der Waals surface area contributed by atoms with Crippen LogP contribution in [0.25, 0.3) is 10.9 Å². The maximum absolute atomic E-state index is 13.9. The molecule has 0 aliphatic carbocycles. The van der Waals surface area contributed by atoms with Crippen LogP contribution in [-0.2, 0) is 6.54 Å². The van der Waals surface area contributed by atoms with Crippen molar-refractivity contribution in [2.24, 2.45) is 0 Å². The Kier molecular flexibility index (Phi) is 5.05. The number of halogens is 1. The Morgan fingerprint density at radius 3 is 2.68 bits per heavy atom. The SMILES string of the molecule is COc1cc2c(Oc3ccccc3F)ccnc2cc1OCCn1ccnc1. The first-order valence-electron chi connectivity index (χ1n) is 8.72. The summed E-state index contributed by atoms with van der Waals surface area (Å²) in [5.74, 6) is 1.32. The summed E-state index contributed by atoms with van der Waals surface area (Å²) < 4.78 is 33.0. The first-order chi connectivity index (χ1) is 13.7. The molecule has 2 aromatic heterocycles. The van der Waals surface area contributed by atoms with Gasteiger partial charge in [-0.1, -0.05) is 12.1 Å². The zero-order chi connectivity index (χ0) is 19.3. The number of hydrogen-bond donors (Lipinski definition) is 0. The van der Waals surface area contributed by atoms with E-state index in [1.807, 2.05) is 10.8 Å². The highest BCUT2D eigenvalue weighted by molar-refractivity contribution is 5.88. The van der Waals surface area contributed by atoms with Crippen molar-refractivity contribution in [1.82, 2.24) is 14.5 Å². The first-order valence-corrected chi connectivity index (χ1v) is 8.72. The number of pyridine rings is 1. The number of nitrogens with zero attached hydrogens (tertiary/aromatic N) is 3. The van der Waals surface area contributed by atoms with Crippen LogP contribution in [-0.4, -0.2) is 28.3 Å². The van der Waals surface area contributed by atoms with Crippen LogP contribution in [0.4, 0.5) is 4.39 Å². The highest BCUT2D eigenvalue weighted by Gasteiger charge is 2.13. The third-order valence-electron chi connectivity index (χ3n) is 4.21. The minimum absolute atomic E-state index is 0.148. The number of aromatic nitrogens is 3. The molecule has 2 aromatic carbocycles. The molecule has 4 aromatic rings. The van der Waals surface area contributed by atoms with Crippen LogP contribution < -0.4 is 14.2 Å². The molecule has 0 spiro atoms. The van der Waals surface area contributed by atoms with Gasteiger partial charge in [-0.05, 0) is 24.3 Å². The van der Waals surface area contributed by atoms with Crippen molar-refractivity contribution in [2.75, 3.05) is 13.7 Å². The van der Waals surface area contributed by atoms with E-state index in [-0.39, 0.29) is 5.75 Å². The van der Waals surface area contributed by atoms with Crippen molar-refractivity contribution in [2.45, 2.75) is 6.54 Å². The topological polar surface area (TPSA) is 58.4 Å². The number of fused-ring (bicyclic) bond motifs is 1. The van der Waals surface area contributed by atoms with Gasteiger partial charge >= 0.3 is 0 Å². The molecule has 0 N–H and O–H groups in total. The summed E-state index contributed by atoms with van der Waals surface area (Å²) in [5.41, 5.74) is 0.660. The van der Waals surface area contributed by atoms with Crippen LogP contribution in [0.1, 0.15) is 0 Å². The van der Waals surface area contributed by atoms with E-state index >= 15 is 0 Å². The van der Waals surface area contributed by atoms with Gasteiger partial charge in [0.15, 0.2) is 23.1 Å². The third-order valence-corrected chi connectivity index (χ3v) is 4.21. The summed E-state index contributed by atoms with van der Waals surface area (Å²) in [4.78, 5) is 8.38. The molecule has 28 heavy (non-hydrogen) atoms. The number of methoxy groups -OCH3 is 1. The molecular weight excluding hydrogens is 361 g/mol. The number of rotatable bonds is 7. The maximum atomic E-state index is 13.9. The lowest BCUT2D eigenvalue weighted by Crippen LogP contribution is -2.07. The molecular formula is C21H18FN3O3. The van der Waals surface area contributed by atoms with E-state index in [9.17, 15) is 4.39 Å². The van der Waals surface area contributed by atoms with Crippen molar-refractivity contribution in [1.29, 1.82) is 0 Å². The summed E-state index contributed by atoms with van der Waals surface area (Å²) in [6.07, 6.45) is 6.93. The van der Waals surface area contributed by atoms with Gasteiger partial charge in [-0.2, -0.15) is 0 Å². The monoisotopic (exact) mass is 379 g/mol. The summed E-state index contributed by atoms with van der Waals surface area (Å²) in [6, 6.07) is 11.5. The molecule has 142 valence electrons. The Balaban J connectivity index is 1.62. The van der Waals surface area contributed by atoms with E-state index in [2.05, 4.69) is 9.97 Å². The van der Waals surface area contributed by atoms with Gasteiger partial charge < -0.3 is 18.8 Å². The molecule has 0 saturated heterocycles. The normalized spacial score (nSPS) is 10.8. The van der Waals surface area contributed by atoms with Crippen molar-refractivity contribution in [3.63, 3.8) is 0 Å². The zero-order valence-corrected chi connectivity index (χ0v) is 15.2. The van der Waals surface area contributed by atoms with Crippen LogP contribution in [0.5, 0.6) is 23.0 Å². The second-order valence-electron chi connectivity index (χ2n) is 6.01. The number of hydrogen-bond acceptors (Lipinski definition) is 5. The molecule has 0 aliphatic rings. The second-order valence-corrected chi connectivity index (χ2v) is 6.01. The molecule has 0 aliphatic heterocycles. The van der Waals surface area contributed by atoms with Gasteiger partial charge in [0.05, 0.1) is 25.5 Å². The molecule has 0 unspecified atom stereocenters. The maximum Gasteiger partial charge on any atom is 0.165 e. The molecule has 6 nitrogen and oxygen atoms in total. The summed E-state index contributed by atoms with van der Waals surface area (Å²) in [7, 11) is 1.57. The van der Waals surface area contributed by atoms with E-state index in [4.69, 9.17) is 14.2 Å². The van der Waals surface area contributed by atoms with Gasteiger partial charge in [-0.15, -0.1) is 0 Å². The van der Waals surface area contributed by atoms with E-state index in [0.29, 0.717) is 41.3 Å². The minimum Gasteiger partial charge on any atom is -0.493 e. The first kappa shape index (κ1) is 17.8. The van der Waals surface area contributed by atoms with Gasteiger partial charge in [0.25, 0.3) is 0 Å². The van der Waals surface area contributed by atoms with Crippen molar-refractivity contribution in [3.8, 4) is 23.0 Å². The Morgan fingerprint density at radius 1 is 1.00 bits per heavy atom. The highest BCUT2D eigenvalue weighted by atomic mass is 19.1. The smallest absolute Gasteiger partial charge is 0.165 e. The van der Waals surface area contributed by atoms with Gasteiger partial charge in [-0.3, -0.25) is 4.98 Å². The quantitative estimate of drug-likeness (QED) is 0.475. The van der Waals surface area contributed by atoms with Crippen LogP contribution >= 0.6 is 0 Å². The molecule has 0 atom stereocenters. The molecule has 0 bridgehead atoms. The van der Waals surface area contributed by atoms with Crippen LogP contribution in [0, 0.1) is 5.82 Å². The van der Waals surface area contributed by atoms with Gasteiger partial charge in [0.1, 0.15) is 12.4 Å². The van der Waals surface area contributed by atoms with Gasteiger partial charge in [0, 0.05) is 30.0 Å². The number of imidazole rings is 1. The zero-order valence-electron chi connectivity index (χ0n) is 15.2. The standard InChI is InChI=1S/C21H18FN3O3/c1-26-20-12-15-17(13-21(20)27-11-10-25-9-8-23-14-25)24-7-6-18(15)28-19-5-3-2-4-16(19)22/h2-9,12-14H,10-11H2,1H3. The largest absolute Gasteiger partial charge is 0.493 e. The number of para-hydroxylation sites is 1. The second kappa shape index (κ2) is 7.96. The Bertz CT molecular complexity index is 1080. The van der Waals surface area contributed by atoms with Crippen molar-refractivity contribution < 1.29 is 18.6 Å². The molecule has 2 heterocycles. The van der Waals surface area contributed by atoms with Crippen LogP contribution in [0.2, 0.25) is 0 Å². The molecule has 0 fully saturated rings. The molecule has 0 amide bonds. The van der Waals surface area contributed by atoms with Crippen molar-refractivity contribution in [3.05, 3.63) is 73.2 Å². The van der Waals surface area contributed by atoms with E-state index < -0.39 is 5.82 Å². The van der Waals surface area contributed by atoms with E-state index in [1.165, 1.54) is 6.07 Å². The Labute approximate surface area is 161 Å². The average molecular weight is 379 g/mol. The van der Waals surface area contributed by atoms with Gasteiger partial charge in [0.2, 0.25) is 0 Å².